The van der Waals surface area contributed by atoms with E-state index in [0.29, 0.717) is 5.15 Å². The molecule has 0 saturated carbocycles. The Balaban J connectivity index is 1.71. The van der Waals surface area contributed by atoms with Crippen LogP contribution in [0.5, 0.6) is 0 Å². The van der Waals surface area contributed by atoms with Crippen molar-refractivity contribution < 1.29 is 4.74 Å². The molecule has 1 aliphatic heterocycles. The monoisotopic (exact) mass is 240 g/mol. The van der Waals surface area contributed by atoms with Crippen molar-refractivity contribution in [2.24, 2.45) is 0 Å². The van der Waals surface area contributed by atoms with E-state index in [9.17, 15) is 0 Å². The largest absolute Gasteiger partial charge is 0.379 e. The van der Waals surface area contributed by atoms with Crippen molar-refractivity contribution in [3.05, 3.63) is 29.0 Å². The molecule has 1 aromatic rings. The molecule has 16 heavy (non-hydrogen) atoms. The van der Waals surface area contributed by atoms with Gasteiger partial charge in [-0.2, -0.15) is 0 Å². The summed E-state index contributed by atoms with van der Waals surface area (Å²) in [5.74, 6) is 0. The minimum atomic E-state index is 0.587. The van der Waals surface area contributed by atoms with Crippen LogP contribution in [0.3, 0.4) is 0 Å². The molecule has 1 aliphatic rings. The number of hydrogen-bond acceptors (Lipinski definition) is 3. The van der Waals surface area contributed by atoms with Gasteiger partial charge in [-0.1, -0.05) is 17.7 Å². The first-order chi connectivity index (χ1) is 7.84. The Morgan fingerprint density at radius 2 is 2.12 bits per heavy atom. The summed E-state index contributed by atoms with van der Waals surface area (Å²) < 4.78 is 5.31. The second-order valence-electron chi connectivity index (χ2n) is 4.01. The van der Waals surface area contributed by atoms with E-state index in [0.717, 1.165) is 51.4 Å². The molecular formula is C12H17ClN2O. The van der Waals surface area contributed by atoms with Crippen molar-refractivity contribution >= 4 is 11.6 Å². The van der Waals surface area contributed by atoms with Gasteiger partial charge in [0.1, 0.15) is 5.15 Å². The van der Waals surface area contributed by atoms with Crippen molar-refractivity contribution in [3.63, 3.8) is 0 Å². The summed E-state index contributed by atoms with van der Waals surface area (Å²) in [4.78, 5) is 6.72. The molecule has 2 heterocycles. The number of ether oxygens (including phenoxy) is 1. The number of aryl methyl sites for hydroxylation is 1. The highest BCUT2D eigenvalue weighted by Crippen LogP contribution is 2.07. The Morgan fingerprint density at radius 3 is 2.88 bits per heavy atom. The molecule has 1 aromatic heterocycles. The smallest absolute Gasteiger partial charge is 0.129 e. The van der Waals surface area contributed by atoms with Crippen LogP contribution in [-0.4, -0.2) is 42.7 Å². The maximum absolute atomic E-state index is 5.83. The molecule has 0 aromatic carbocycles. The number of halogens is 1. The fraction of sp³-hybridized carbons (Fsp3) is 0.583. The third-order valence-corrected chi connectivity index (χ3v) is 2.99. The first kappa shape index (κ1) is 11.8. The number of hydrogen-bond donors (Lipinski definition) is 0. The Kier molecular flexibility index (Phi) is 4.57. The van der Waals surface area contributed by atoms with Crippen LogP contribution in [0.2, 0.25) is 5.15 Å². The van der Waals surface area contributed by atoms with Gasteiger partial charge in [-0.15, -0.1) is 0 Å². The molecule has 4 heteroatoms. The molecule has 88 valence electrons. The predicted octanol–water partition coefficient (Wildman–Crippen LogP) is 2.00. The minimum Gasteiger partial charge on any atom is -0.379 e. The lowest BCUT2D eigenvalue weighted by Gasteiger charge is -2.26. The molecule has 0 aliphatic carbocycles. The summed E-state index contributed by atoms with van der Waals surface area (Å²) in [6.45, 7) is 4.98. The Hall–Kier alpha value is -0.640. The summed E-state index contributed by atoms with van der Waals surface area (Å²) in [5, 5.41) is 0.587. The van der Waals surface area contributed by atoms with E-state index in [-0.39, 0.29) is 0 Å². The lowest BCUT2D eigenvalue weighted by atomic mass is 10.2. The van der Waals surface area contributed by atoms with Gasteiger partial charge in [0, 0.05) is 18.8 Å². The summed E-state index contributed by atoms with van der Waals surface area (Å²) in [7, 11) is 0. The summed E-state index contributed by atoms with van der Waals surface area (Å²) in [6, 6.07) is 5.80. The first-order valence-electron chi connectivity index (χ1n) is 5.76. The number of nitrogens with zero attached hydrogens (tertiary/aromatic N) is 2. The summed E-state index contributed by atoms with van der Waals surface area (Å²) >= 11 is 5.83. The average Bonchev–Trinajstić information content (AvgIpc) is 2.30. The van der Waals surface area contributed by atoms with E-state index in [1.54, 1.807) is 0 Å². The van der Waals surface area contributed by atoms with E-state index < -0.39 is 0 Å². The Morgan fingerprint density at radius 1 is 1.31 bits per heavy atom. The van der Waals surface area contributed by atoms with Crippen molar-refractivity contribution in [2.75, 3.05) is 32.8 Å². The van der Waals surface area contributed by atoms with Gasteiger partial charge in [0.25, 0.3) is 0 Å². The zero-order valence-corrected chi connectivity index (χ0v) is 10.1. The molecular weight excluding hydrogens is 224 g/mol. The zero-order chi connectivity index (χ0) is 11.2. The van der Waals surface area contributed by atoms with E-state index in [4.69, 9.17) is 16.3 Å². The highest BCUT2D eigenvalue weighted by atomic mass is 35.5. The third kappa shape index (κ3) is 3.74. The van der Waals surface area contributed by atoms with Gasteiger partial charge in [0.15, 0.2) is 0 Å². The molecule has 0 radical (unpaired) electrons. The molecule has 0 N–H and O–H groups in total. The molecule has 0 atom stereocenters. The van der Waals surface area contributed by atoms with Gasteiger partial charge in [0.05, 0.1) is 13.2 Å². The predicted molar refractivity (Wildman–Crippen MR) is 64.8 cm³/mol. The Bertz CT molecular complexity index is 327. The van der Waals surface area contributed by atoms with Crippen LogP contribution in [-0.2, 0) is 11.2 Å². The van der Waals surface area contributed by atoms with Gasteiger partial charge >= 0.3 is 0 Å². The topological polar surface area (TPSA) is 25.4 Å². The van der Waals surface area contributed by atoms with Crippen LogP contribution >= 0.6 is 11.6 Å². The molecule has 0 unspecified atom stereocenters. The van der Waals surface area contributed by atoms with E-state index >= 15 is 0 Å². The lowest BCUT2D eigenvalue weighted by Crippen LogP contribution is -2.36. The normalized spacial score (nSPS) is 17.6. The quantitative estimate of drug-likeness (QED) is 0.753. The van der Waals surface area contributed by atoms with Gasteiger partial charge in [-0.3, -0.25) is 4.90 Å². The van der Waals surface area contributed by atoms with Crippen molar-refractivity contribution in [1.29, 1.82) is 0 Å². The number of pyridine rings is 1. The second-order valence-corrected chi connectivity index (χ2v) is 4.40. The average molecular weight is 241 g/mol. The van der Waals surface area contributed by atoms with Gasteiger partial charge in [-0.05, 0) is 31.5 Å². The van der Waals surface area contributed by atoms with Gasteiger partial charge < -0.3 is 4.74 Å². The second kappa shape index (κ2) is 6.18. The number of morpholine rings is 1. The van der Waals surface area contributed by atoms with Crippen molar-refractivity contribution in [1.82, 2.24) is 9.88 Å². The van der Waals surface area contributed by atoms with Gasteiger partial charge in [0.2, 0.25) is 0 Å². The molecule has 2 rings (SSSR count). The zero-order valence-electron chi connectivity index (χ0n) is 9.36. The highest BCUT2D eigenvalue weighted by Gasteiger charge is 2.09. The maximum Gasteiger partial charge on any atom is 0.129 e. The van der Waals surface area contributed by atoms with Crippen LogP contribution in [0.1, 0.15) is 12.1 Å². The highest BCUT2D eigenvalue weighted by molar-refractivity contribution is 6.29. The van der Waals surface area contributed by atoms with Crippen LogP contribution in [0.15, 0.2) is 18.2 Å². The van der Waals surface area contributed by atoms with Crippen LogP contribution in [0.25, 0.3) is 0 Å². The van der Waals surface area contributed by atoms with Crippen LogP contribution in [0.4, 0.5) is 0 Å². The molecule has 1 fully saturated rings. The standard InChI is InChI=1S/C12H17ClN2O/c13-12-5-1-3-11(14-12)4-2-6-15-7-9-16-10-8-15/h1,3,5H,2,4,6-10H2. The fourth-order valence-electron chi connectivity index (χ4n) is 1.90. The van der Waals surface area contributed by atoms with E-state index in [1.165, 1.54) is 0 Å². The van der Waals surface area contributed by atoms with Crippen LogP contribution in [0, 0.1) is 0 Å². The number of rotatable bonds is 4. The van der Waals surface area contributed by atoms with Gasteiger partial charge in [-0.25, -0.2) is 4.98 Å². The molecule has 3 nitrogen and oxygen atoms in total. The summed E-state index contributed by atoms with van der Waals surface area (Å²) in [6.07, 6.45) is 2.13. The SMILES string of the molecule is Clc1cccc(CCCN2CCOCC2)n1. The Labute approximate surface area is 101 Å². The minimum absolute atomic E-state index is 0.587. The molecule has 0 spiro atoms. The molecule has 0 amide bonds. The van der Waals surface area contributed by atoms with E-state index in [1.807, 2.05) is 18.2 Å². The van der Waals surface area contributed by atoms with Crippen LogP contribution < -0.4 is 0 Å². The number of aromatic nitrogens is 1. The fourth-order valence-corrected chi connectivity index (χ4v) is 2.08. The lowest BCUT2D eigenvalue weighted by molar-refractivity contribution is 0.0374. The van der Waals surface area contributed by atoms with Crippen molar-refractivity contribution in [2.45, 2.75) is 12.8 Å². The third-order valence-electron chi connectivity index (χ3n) is 2.78. The summed E-state index contributed by atoms with van der Waals surface area (Å²) in [5.41, 5.74) is 1.08. The molecule has 1 saturated heterocycles. The molecule has 0 bridgehead atoms. The maximum atomic E-state index is 5.83. The van der Waals surface area contributed by atoms with Crippen molar-refractivity contribution in [3.8, 4) is 0 Å². The van der Waals surface area contributed by atoms with E-state index in [2.05, 4.69) is 9.88 Å². The first-order valence-corrected chi connectivity index (χ1v) is 6.14.